The van der Waals surface area contributed by atoms with Gasteiger partial charge in [0, 0.05) is 17.3 Å². The van der Waals surface area contributed by atoms with E-state index in [4.69, 9.17) is 14.2 Å². The number of aryl methyl sites for hydroxylation is 1. The van der Waals surface area contributed by atoms with E-state index in [0.29, 0.717) is 34.3 Å². The second-order valence-electron chi connectivity index (χ2n) is 6.83. The van der Waals surface area contributed by atoms with Crippen molar-refractivity contribution in [2.75, 3.05) is 26.6 Å². The lowest BCUT2D eigenvalue weighted by molar-refractivity contribution is 0.102. The molecule has 0 atom stereocenters. The SMILES string of the molecule is COc1ccc2nc(-c3ccc(C)c(NC(=O)c4cccc(OC)c4OC)c3)cn2n1. The molecule has 1 N–H and O–H groups in total. The van der Waals surface area contributed by atoms with Gasteiger partial charge in [0.1, 0.15) is 0 Å². The molecule has 2 heterocycles. The molecule has 0 unspecified atom stereocenters. The molecule has 158 valence electrons. The van der Waals surface area contributed by atoms with Crippen LogP contribution in [-0.2, 0) is 0 Å². The van der Waals surface area contributed by atoms with Crippen LogP contribution in [0.15, 0.2) is 54.7 Å². The minimum absolute atomic E-state index is 0.294. The number of ether oxygens (including phenoxy) is 3. The molecule has 0 spiro atoms. The van der Waals surface area contributed by atoms with Crippen LogP contribution in [-0.4, -0.2) is 41.8 Å². The van der Waals surface area contributed by atoms with Crippen molar-refractivity contribution in [3.63, 3.8) is 0 Å². The number of para-hydroxylation sites is 1. The number of rotatable bonds is 6. The van der Waals surface area contributed by atoms with Crippen LogP contribution >= 0.6 is 0 Å². The molecule has 0 aliphatic rings. The second-order valence-corrected chi connectivity index (χ2v) is 6.83. The maximum absolute atomic E-state index is 13.0. The molecular formula is C23H22N4O4. The van der Waals surface area contributed by atoms with Crippen LogP contribution in [0.1, 0.15) is 15.9 Å². The van der Waals surface area contributed by atoms with Crippen molar-refractivity contribution in [1.29, 1.82) is 0 Å². The molecule has 4 rings (SSSR count). The average Bonchev–Trinajstić information content (AvgIpc) is 3.23. The number of nitrogens with one attached hydrogen (secondary N) is 1. The average molecular weight is 418 g/mol. The van der Waals surface area contributed by atoms with E-state index in [2.05, 4.69) is 15.4 Å². The van der Waals surface area contributed by atoms with Crippen molar-refractivity contribution < 1.29 is 19.0 Å². The third-order valence-corrected chi connectivity index (χ3v) is 4.93. The van der Waals surface area contributed by atoms with E-state index in [-0.39, 0.29) is 5.91 Å². The molecule has 0 radical (unpaired) electrons. The summed E-state index contributed by atoms with van der Waals surface area (Å²) in [4.78, 5) is 17.6. The number of amides is 1. The minimum Gasteiger partial charge on any atom is -0.493 e. The lowest BCUT2D eigenvalue weighted by atomic mass is 10.1. The number of hydrogen-bond donors (Lipinski definition) is 1. The van der Waals surface area contributed by atoms with Gasteiger partial charge in [0.15, 0.2) is 17.1 Å². The highest BCUT2D eigenvalue weighted by Crippen LogP contribution is 2.32. The van der Waals surface area contributed by atoms with E-state index in [1.165, 1.54) is 14.2 Å². The molecule has 2 aromatic heterocycles. The van der Waals surface area contributed by atoms with Gasteiger partial charge < -0.3 is 19.5 Å². The van der Waals surface area contributed by atoms with E-state index in [1.54, 1.807) is 35.9 Å². The van der Waals surface area contributed by atoms with Gasteiger partial charge in [-0.05, 0) is 36.8 Å². The Kier molecular flexibility index (Phi) is 5.44. The molecule has 8 heteroatoms. The van der Waals surface area contributed by atoms with E-state index in [1.807, 2.05) is 37.4 Å². The number of aromatic nitrogens is 3. The van der Waals surface area contributed by atoms with E-state index in [0.717, 1.165) is 16.8 Å². The van der Waals surface area contributed by atoms with Gasteiger partial charge in [0.2, 0.25) is 5.88 Å². The monoisotopic (exact) mass is 418 g/mol. The number of carbonyl (C=O) groups is 1. The smallest absolute Gasteiger partial charge is 0.259 e. The summed E-state index contributed by atoms with van der Waals surface area (Å²) in [6, 6.07) is 14.6. The van der Waals surface area contributed by atoms with Gasteiger partial charge in [-0.3, -0.25) is 4.79 Å². The highest BCUT2D eigenvalue weighted by molar-refractivity contribution is 6.07. The number of nitrogens with zero attached hydrogens (tertiary/aromatic N) is 3. The normalized spacial score (nSPS) is 10.7. The minimum atomic E-state index is -0.294. The van der Waals surface area contributed by atoms with Crippen LogP contribution < -0.4 is 19.5 Å². The van der Waals surface area contributed by atoms with Crippen LogP contribution in [0.5, 0.6) is 17.4 Å². The summed E-state index contributed by atoms with van der Waals surface area (Å²) >= 11 is 0. The van der Waals surface area contributed by atoms with Gasteiger partial charge in [0.05, 0.1) is 38.8 Å². The van der Waals surface area contributed by atoms with Crippen molar-refractivity contribution in [2.45, 2.75) is 6.92 Å². The molecule has 0 aliphatic carbocycles. The molecule has 0 fully saturated rings. The first kappa shape index (κ1) is 20.2. The van der Waals surface area contributed by atoms with E-state index >= 15 is 0 Å². The quantitative estimate of drug-likeness (QED) is 0.510. The largest absolute Gasteiger partial charge is 0.493 e. The first-order valence-electron chi connectivity index (χ1n) is 9.58. The molecule has 2 aromatic carbocycles. The Morgan fingerprint density at radius 1 is 1.00 bits per heavy atom. The van der Waals surface area contributed by atoms with Crippen molar-refractivity contribution in [3.05, 3.63) is 65.9 Å². The number of fused-ring (bicyclic) bond motifs is 1. The fourth-order valence-electron chi connectivity index (χ4n) is 3.28. The highest BCUT2D eigenvalue weighted by Gasteiger charge is 2.18. The predicted octanol–water partition coefficient (Wildman–Crippen LogP) is 3.98. The Balaban J connectivity index is 1.67. The van der Waals surface area contributed by atoms with Gasteiger partial charge in [-0.15, -0.1) is 5.10 Å². The third kappa shape index (κ3) is 3.87. The number of methoxy groups -OCH3 is 3. The Labute approximate surface area is 179 Å². The molecule has 0 bridgehead atoms. The summed E-state index contributed by atoms with van der Waals surface area (Å²) in [5.74, 6) is 1.09. The van der Waals surface area contributed by atoms with E-state index < -0.39 is 0 Å². The summed E-state index contributed by atoms with van der Waals surface area (Å²) < 4.78 is 17.5. The van der Waals surface area contributed by atoms with Crippen LogP contribution in [0, 0.1) is 6.92 Å². The first-order chi connectivity index (χ1) is 15.0. The van der Waals surface area contributed by atoms with Crippen LogP contribution in [0.3, 0.4) is 0 Å². The molecular weight excluding hydrogens is 396 g/mol. The van der Waals surface area contributed by atoms with Crippen molar-refractivity contribution in [3.8, 4) is 28.6 Å². The molecule has 8 nitrogen and oxygen atoms in total. The topological polar surface area (TPSA) is 87.0 Å². The number of hydrogen-bond acceptors (Lipinski definition) is 6. The highest BCUT2D eigenvalue weighted by atomic mass is 16.5. The molecule has 4 aromatic rings. The van der Waals surface area contributed by atoms with Gasteiger partial charge in [-0.1, -0.05) is 18.2 Å². The Bertz CT molecular complexity index is 1270. The number of carbonyl (C=O) groups excluding carboxylic acids is 1. The van der Waals surface area contributed by atoms with Crippen LogP contribution in [0.2, 0.25) is 0 Å². The van der Waals surface area contributed by atoms with Gasteiger partial charge in [0.25, 0.3) is 5.91 Å². The molecule has 31 heavy (non-hydrogen) atoms. The zero-order chi connectivity index (χ0) is 22.0. The fraction of sp³-hybridized carbons (Fsp3) is 0.174. The fourth-order valence-corrected chi connectivity index (χ4v) is 3.28. The molecule has 0 aliphatic heterocycles. The Morgan fingerprint density at radius 2 is 1.84 bits per heavy atom. The summed E-state index contributed by atoms with van der Waals surface area (Å²) in [7, 11) is 4.61. The molecule has 0 saturated carbocycles. The molecule has 0 saturated heterocycles. The van der Waals surface area contributed by atoms with Crippen molar-refractivity contribution in [1.82, 2.24) is 14.6 Å². The van der Waals surface area contributed by atoms with Gasteiger partial charge in [-0.2, -0.15) is 0 Å². The molecule has 1 amide bonds. The maximum Gasteiger partial charge on any atom is 0.259 e. The third-order valence-electron chi connectivity index (χ3n) is 4.93. The van der Waals surface area contributed by atoms with Crippen molar-refractivity contribution >= 4 is 17.2 Å². The Hall–Kier alpha value is -4.07. The standard InChI is InChI=1S/C23H22N4O4/c1-14-8-9-15(18-13-27-20(24-18)10-11-21(26-27)30-3)12-17(14)25-23(28)16-6-5-7-19(29-2)22(16)31-4/h5-13H,1-4H3,(H,25,28). The first-order valence-corrected chi connectivity index (χ1v) is 9.58. The van der Waals surface area contributed by atoms with E-state index in [9.17, 15) is 4.79 Å². The lowest BCUT2D eigenvalue weighted by Gasteiger charge is -2.14. The number of benzene rings is 2. The van der Waals surface area contributed by atoms with Gasteiger partial charge in [-0.25, -0.2) is 9.50 Å². The summed E-state index contributed by atoms with van der Waals surface area (Å²) in [6.07, 6.45) is 1.82. The Morgan fingerprint density at radius 3 is 2.58 bits per heavy atom. The summed E-state index contributed by atoms with van der Waals surface area (Å²) in [5.41, 5.74) is 4.26. The van der Waals surface area contributed by atoms with Crippen LogP contribution in [0.4, 0.5) is 5.69 Å². The number of imidazole rings is 1. The summed E-state index contributed by atoms with van der Waals surface area (Å²) in [6.45, 7) is 1.93. The summed E-state index contributed by atoms with van der Waals surface area (Å²) in [5, 5.41) is 7.31. The van der Waals surface area contributed by atoms with Crippen LogP contribution in [0.25, 0.3) is 16.9 Å². The van der Waals surface area contributed by atoms with Gasteiger partial charge >= 0.3 is 0 Å². The number of anilines is 1. The lowest BCUT2D eigenvalue weighted by Crippen LogP contribution is -2.14. The predicted molar refractivity (Wildman–Crippen MR) is 117 cm³/mol. The maximum atomic E-state index is 13.0. The second kappa shape index (κ2) is 8.35. The zero-order valence-corrected chi connectivity index (χ0v) is 17.7. The van der Waals surface area contributed by atoms with Crippen molar-refractivity contribution in [2.24, 2.45) is 0 Å². The zero-order valence-electron chi connectivity index (χ0n) is 17.7.